The first-order chi connectivity index (χ1) is 13.2. The predicted octanol–water partition coefficient (Wildman–Crippen LogP) is 3.23. The lowest BCUT2D eigenvalue weighted by molar-refractivity contribution is -0.127. The maximum Gasteiger partial charge on any atom is 0.232 e. The van der Waals surface area contributed by atoms with E-state index in [1.807, 2.05) is 24.4 Å². The van der Waals surface area contributed by atoms with Gasteiger partial charge in [0.05, 0.1) is 18.2 Å². The second-order valence-corrected chi connectivity index (χ2v) is 7.61. The number of rotatable bonds is 7. The van der Waals surface area contributed by atoms with E-state index in [0.717, 1.165) is 40.3 Å². The highest BCUT2D eigenvalue weighted by molar-refractivity contribution is 7.99. The van der Waals surface area contributed by atoms with Gasteiger partial charge in [-0.15, -0.1) is 10.2 Å². The van der Waals surface area contributed by atoms with Crippen LogP contribution < -0.4 is 0 Å². The maximum absolute atomic E-state index is 12.3. The summed E-state index contributed by atoms with van der Waals surface area (Å²) >= 11 is 1.41. The van der Waals surface area contributed by atoms with Crippen molar-refractivity contribution >= 4 is 28.6 Å². The Balaban J connectivity index is 1.57. The molecule has 2 aromatic heterocycles. The van der Waals surface area contributed by atoms with Crippen molar-refractivity contribution < 1.29 is 4.79 Å². The number of fused-ring (bicyclic) bond motifs is 1. The smallest absolute Gasteiger partial charge is 0.232 e. The molecule has 0 radical (unpaired) electrons. The molecule has 0 aliphatic heterocycles. The van der Waals surface area contributed by atoms with E-state index in [-0.39, 0.29) is 5.91 Å². The third-order valence-corrected chi connectivity index (χ3v) is 5.64. The highest BCUT2D eigenvalue weighted by Crippen LogP contribution is 2.42. The van der Waals surface area contributed by atoms with Crippen molar-refractivity contribution in [3.05, 3.63) is 30.5 Å². The van der Waals surface area contributed by atoms with Gasteiger partial charge < -0.3 is 9.88 Å². The van der Waals surface area contributed by atoms with Gasteiger partial charge in [0.1, 0.15) is 0 Å². The van der Waals surface area contributed by atoms with Gasteiger partial charge in [-0.1, -0.05) is 30.0 Å². The van der Waals surface area contributed by atoms with Crippen molar-refractivity contribution in [1.29, 1.82) is 5.26 Å². The molecule has 7 nitrogen and oxygen atoms in total. The Morgan fingerprint density at radius 2 is 2.22 bits per heavy atom. The predicted molar refractivity (Wildman–Crippen MR) is 104 cm³/mol. The van der Waals surface area contributed by atoms with Crippen LogP contribution in [-0.2, 0) is 4.79 Å². The Labute approximate surface area is 161 Å². The van der Waals surface area contributed by atoms with E-state index in [9.17, 15) is 4.79 Å². The third-order valence-electron chi connectivity index (χ3n) is 4.72. The molecular formula is C19H20N6OS. The fourth-order valence-electron chi connectivity index (χ4n) is 3.06. The second kappa shape index (κ2) is 7.45. The molecule has 1 aliphatic rings. The number of benzene rings is 1. The van der Waals surface area contributed by atoms with Crippen LogP contribution in [0.15, 0.2) is 35.6 Å². The summed E-state index contributed by atoms with van der Waals surface area (Å²) in [4.78, 5) is 17.1. The van der Waals surface area contributed by atoms with Crippen molar-refractivity contribution in [2.75, 3.05) is 19.3 Å². The first-order valence-electron chi connectivity index (χ1n) is 8.94. The Kier molecular flexibility index (Phi) is 4.86. The average Bonchev–Trinajstić information content (AvgIpc) is 3.30. The summed E-state index contributed by atoms with van der Waals surface area (Å²) in [5.41, 5.74) is 2.11. The Bertz CT molecular complexity index is 1010. The molecule has 0 spiro atoms. The fraction of sp³-hybridized carbons (Fsp3) is 0.368. The summed E-state index contributed by atoms with van der Waals surface area (Å²) in [6, 6.07) is 10.6. The number of hydrogen-bond acceptors (Lipinski definition) is 5. The molecule has 0 saturated heterocycles. The minimum atomic E-state index is -0.00533. The molecule has 1 aromatic carbocycles. The number of amides is 1. The highest BCUT2D eigenvalue weighted by Gasteiger charge is 2.31. The quantitative estimate of drug-likeness (QED) is 0.636. The minimum Gasteiger partial charge on any atom is -0.360 e. The van der Waals surface area contributed by atoms with Crippen molar-refractivity contribution in [1.82, 2.24) is 24.6 Å². The molecule has 138 valence electrons. The summed E-state index contributed by atoms with van der Waals surface area (Å²) in [5.74, 6) is 1.14. The van der Waals surface area contributed by atoms with E-state index in [1.165, 1.54) is 11.8 Å². The van der Waals surface area contributed by atoms with E-state index in [2.05, 4.69) is 31.9 Å². The van der Waals surface area contributed by atoms with Gasteiger partial charge in [-0.3, -0.25) is 9.36 Å². The molecule has 3 aromatic rings. The van der Waals surface area contributed by atoms with Crippen molar-refractivity contribution in [3.63, 3.8) is 0 Å². The van der Waals surface area contributed by atoms with Crippen molar-refractivity contribution in [3.8, 4) is 17.5 Å². The summed E-state index contributed by atoms with van der Waals surface area (Å²) in [6.45, 7) is 0.450. The van der Waals surface area contributed by atoms with Crippen molar-refractivity contribution in [2.24, 2.45) is 0 Å². The number of aromatic nitrogens is 4. The Morgan fingerprint density at radius 1 is 1.41 bits per heavy atom. The zero-order valence-electron chi connectivity index (χ0n) is 15.1. The molecule has 2 heterocycles. The van der Waals surface area contributed by atoms with Crippen LogP contribution in [0, 0.1) is 11.3 Å². The number of carbonyl (C=O) groups is 1. The number of nitriles is 1. The molecule has 27 heavy (non-hydrogen) atoms. The lowest BCUT2D eigenvalue weighted by Crippen LogP contribution is -2.29. The first kappa shape index (κ1) is 17.6. The van der Waals surface area contributed by atoms with Crippen LogP contribution in [0.5, 0.6) is 0 Å². The highest BCUT2D eigenvalue weighted by atomic mass is 32.2. The second-order valence-electron chi connectivity index (χ2n) is 6.67. The number of thioether (sulfide) groups is 1. The van der Waals surface area contributed by atoms with E-state index in [4.69, 9.17) is 5.26 Å². The lowest BCUT2D eigenvalue weighted by Gasteiger charge is -2.15. The summed E-state index contributed by atoms with van der Waals surface area (Å²) < 4.78 is 2.17. The van der Waals surface area contributed by atoms with Gasteiger partial charge in [0.15, 0.2) is 11.0 Å². The molecule has 0 bridgehead atoms. The number of H-pyrrole nitrogens is 1. The number of aromatic amines is 1. The van der Waals surface area contributed by atoms with Crippen LogP contribution in [0.3, 0.4) is 0 Å². The van der Waals surface area contributed by atoms with E-state index in [0.29, 0.717) is 24.8 Å². The van der Waals surface area contributed by atoms with Crippen LogP contribution in [0.1, 0.15) is 25.3 Å². The van der Waals surface area contributed by atoms with Gasteiger partial charge in [-0.25, -0.2) is 0 Å². The number of nitrogens with one attached hydrogen (secondary N) is 1. The standard InChI is InChI=1S/C19H20N6OS/c1-24(10-4-9-20)17(26)12-27-19-23-22-18(25(19)13-7-8-13)15-11-21-16-6-3-2-5-14(15)16/h2-3,5-6,11,13,21H,4,7-8,10,12H2,1H3. The largest absolute Gasteiger partial charge is 0.360 e. The zero-order valence-corrected chi connectivity index (χ0v) is 15.9. The topological polar surface area (TPSA) is 90.6 Å². The summed E-state index contributed by atoms with van der Waals surface area (Å²) in [5, 5.41) is 19.4. The molecule has 0 atom stereocenters. The van der Waals surface area contributed by atoms with Crippen molar-refractivity contribution in [2.45, 2.75) is 30.5 Å². The molecular weight excluding hydrogens is 360 g/mol. The first-order valence-corrected chi connectivity index (χ1v) is 9.92. The van der Waals surface area contributed by atoms with Crippen LogP contribution in [-0.4, -0.2) is 49.9 Å². The normalized spacial score (nSPS) is 13.6. The van der Waals surface area contributed by atoms with Gasteiger partial charge in [-0.2, -0.15) is 5.26 Å². The third kappa shape index (κ3) is 3.55. The average molecular weight is 380 g/mol. The van der Waals surface area contributed by atoms with Gasteiger partial charge in [0, 0.05) is 42.3 Å². The summed E-state index contributed by atoms with van der Waals surface area (Å²) in [7, 11) is 1.73. The van der Waals surface area contributed by atoms with Crippen LogP contribution >= 0.6 is 11.8 Å². The van der Waals surface area contributed by atoms with Gasteiger partial charge in [-0.05, 0) is 18.9 Å². The van der Waals surface area contributed by atoms with Crippen LogP contribution in [0.2, 0.25) is 0 Å². The monoisotopic (exact) mass is 380 g/mol. The maximum atomic E-state index is 12.3. The van der Waals surface area contributed by atoms with Gasteiger partial charge >= 0.3 is 0 Å². The summed E-state index contributed by atoms with van der Waals surface area (Å²) in [6.07, 6.45) is 4.53. The van der Waals surface area contributed by atoms with E-state index in [1.54, 1.807) is 11.9 Å². The Hall–Kier alpha value is -2.79. The van der Waals surface area contributed by atoms with Gasteiger partial charge in [0.2, 0.25) is 5.91 Å². The van der Waals surface area contributed by atoms with Gasteiger partial charge in [0.25, 0.3) is 0 Å². The lowest BCUT2D eigenvalue weighted by atomic mass is 10.1. The molecule has 1 saturated carbocycles. The molecule has 4 rings (SSSR count). The number of nitrogens with zero attached hydrogens (tertiary/aromatic N) is 5. The van der Waals surface area contributed by atoms with E-state index >= 15 is 0 Å². The van der Waals surface area contributed by atoms with Crippen LogP contribution in [0.25, 0.3) is 22.3 Å². The number of para-hydroxylation sites is 1. The molecule has 1 amide bonds. The zero-order chi connectivity index (χ0) is 18.8. The molecule has 8 heteroatoms. The van der Waals surface area contributed by atoms with Crippen LogP contribution in [0.4, 0.5) is 0 Å². The fourth-order valence-corrected chi connectivity index (χ4v) is 4.00. The Morgan fingerprint density at radius 3 is 3.00 bits per heavy atom. The SMILES string of the molecule is CN(CCC#N)C(=O)CSc1nnc(-c2c[nH]c3ccccc23)n1C1CC1. The molecule has 1 aliphatic carbocycles. The van der Waals surface area contributed by atoms with E-state index < -0.39 is 0 Å². The molecule has 1 N–H and O–H groups in total. The number of hydrogen-bond donors (Lipinski definition) is 1. The molecule has 1 fully saturated rings. The number of carbonyl (C=O) groups excluding carboxylic acids is 1. The minimum absolute atomic E-state index is 0.00533. The molecule has 0 unspecified atom stereocenters.